The lowest BCUT2D eigenvalue weighted by Crippen LogP contribution is -2.21. The van der Waals surface area contributed by atoms with E-state index in [0.29, 0.717) is 10.0 Å². The topological polar surface area (TPSA) is 70.6 Å². The molecule has 176 valence electrons. The van der Waals surface area contributed by atoms with Crippen LogP contribution < -0.4 is 10.7 Å². The maximum absolute atomic E-state index is 13.0. The van der Waals surface area contributed by atoms with Crippen molar-refractivity contribution >= 4 is 51.2 Å². The first kappa shape index (κ1) is 25.5. The Morgan fingerprint density at radius 2 is 1.74 bits per heavy atom. The van der Waals surface area contributed by atoms with Crippen LogP contribution in [0.4, 0.5) is 18.9 Å². The second kappa shape index (κ2) is 10.8. The number of amides is 2. The third-order valence-corrected chi connectivity index (χ3v) is 5.60. The molecule has 0 radical (unpaired) electrons. The van der Waals surface area contributed by atoms with Crippen LogP contribution in [0.5, 0.6) is 0 Å². The molecule has 5 nitrogen and oxygen atoms in total. The summed E-state index contributed by atoms with van der Waals surface area (Å²) < 4.78 is 39.6. The van der Waals surface area contributed by atoms with Gasteiger partial charge in [0.05, 0.1) is 28.1 Å². The number of carbonyl (C=O) groups is 2. The third kappa shape index (κ3) is 6.45. The molecule has 0 aliphatic rings. The number of alkyl halides is 3. The summed E-state index contributed by atoms with van der Waals surface area (Å²) in [6.07, 6.45) is -2.72. The fourth-order valence-corrected chi connectivity index (χ4v) is 3.55. The number of rotatable bonds is 6. The van der Waals surface area contributed by atoms with E-state index in [9.17, 15) is 22.8 Å². The first-order valence-corrected chi connectivity index (χ1v) is 11.2. The maximum atomic E-state index is 13.0. The number of hydrazone groups is 1. The number of anilines is 1. The first-order chi connectivity index (χ1) is 16.1. The number of halogens is 5. The van der Waals surface area contributed by atoms with Gasteiger partial charge in [-0.05, 0) is 60.0 Å². The van der Waals surface area contributed by atoms with E-state index in [0.717, 1.165) is 30.3 Å². The summed E-state index contributed by atoms with van der Waals surface area (Å²) in [4.78, 5) is 25.3. The zero-order valence-corrected chi connectivity index (χ0v) is 20.1. The van der Waals surface area contributed by atoms with Gasteiger partial charge in [-0.3, -0.25) is 9.59 Å². The Morgan fingerprint density at radius 3 is 2.38 bits per heavy atom. The van der Waals surface area contributed by atoms with Gasteiger partial charge >= 0.3 is 6.18 Å². The molecule has 0 aliphatic carbocycles. The van der Waals surface area contributed by atoms with Crippen molar-refractivity contribution in [1.29, 1.82) is 0 Å². The van der Waals surface area contributed by atoms with Crippen LogP contribution in [0.25, 0.3) is 0 Å². The number of benzene rings is 3. The lowest BCUT2D eigenvalue weighted by atomic mass is 10.1. The van der Waals surface area contributed by atoms with Crippen LogP contribution in [0.2, 0.25) is 5.02 Å². The monoisotopic (exact) mass is 551 g/mol. The maximum Gasteiger partial charge on any atom is 0.417 e. The Balaban J connectivity index is 1.76. The molecule has 3 aromatic rings. The van der Waals surface area contributed by atoms with E-state index in [4.69, 9.17) is 11.6 Å². The Labute approximate surface area is 207 Å². The first-order valence-electron chi connectivity index (χ1n) is 9.98. The van der Waals surface area contributed by atoms with Crippen molar-refractivity contribution < 1.29 is 22.8 Å². The predicted octanol–water partition coefficient (Wildman–Crippen LogP) is 6.70. The van der Waals surface area contributed by atoms with Gasteiger partial charge in [0.2, 0.25) is 0 Å². The van der Waals surface area contributed by atoms with Crippen LogP contribution in [0.15, 0.2) is 70.2 Å². The molecule has 0 aliphatic heterocycles. The van der Waals surface area contributed by atoms with Crippen LogP contribution in [0.3, 0.4) is 0 Å². The van der Waals surface area contributed by atoms with Gasteiger partial charge in [-0.2, -0.15) is 18.3 Å². The molecule has 0 bridgehead atoms. The van der Waals surface area contributed by atoms with Crippen LogP contribution >= 0.6 is 27.5 Å². The Hall–Kier alpha value is -3.17. The van der Waals surface area contributed by atoms with Crippen molar-refractivity contribution in [2.24, 2.45) is 5.10 Å². The largest absolute Gasteiger partial charge is 0.417 e. The number of nitrogens with one attached hydrogen (secondary N) is 2. The molecule has 2 N–H and O–H groups in total. The molecule has 0 aromatic heterocycles. The summed E-state index contributed by atoms with van der Waals surface area (Å²) in [6.45, 7) is 2.01. The normalized spacial score (nSPS) is 11.5. The van der Waals surface area contributed by atoms with Gasteiger partial charge in [0.1, 0.15) is 0 Å². The quantitative estimate of drug-likeness (QED) is 0.264. The van der Waals surface area contributed by atoms with Gasteiger partial charge in [-0.15, -0.1) is 0 Å². The lowest BCUT2D eigenvalue weighted by molar-refractivity contribution is -0.137. The number of nitrogens with zero attached hydrogens (tertiary/aromatic N) is 1. The van der Waals surface area contributed by atoms with E-state index >= 15 is 0 Å². The molecule has 0 saturated heterocycles. The zero-order valence-electron chi connectivity index (χ0n) is 17.7. The molecule has 34 heavy (non-hydrogen) atoms. The molecular weight excluding hydrogens is 535 g/mol. The molecule has 0 fully saturated rings. The molecular formula is C24H18BrClF3N3O2. The van der Waals surface area contributed by atoms with Crippen molar-refractivity contribution in [2.45, 2.75) is 19.5 Å². The van der Waals surface area contributed by atoms with Crippen molar-refractivity contribution in [3.63, 3.8) is 0 Å². The fourth-order valence-electron chi connectivity index (χ4n) is 2.97. The second-order valence-electron chi connectivity index (χ2n) is 7.13. The highest BCUT2D eigenvalue weighted by Gasteiger charge is 2.33. The number of hydrogen-bond donors (Lipinski definition) is 2. The molecule has 3 aromatic carbocycles. The van der Waals surface area contributed by atoms with Gasteiger partial charge in [-0.25, -0.2) is 5.43 Å². The average Bonchev–Trinajstić information content (AvgIpc) is 2.80. The van der Waals surface area contributed by atoms with Gasteiger partial charge in [0.25, 0.3) is 11.8 Å². The van der Waals surface area contributed by atoms with E-state index in [1.54, 1.807) is 24.3 Å². The van der Waals surface area contributed by atoms with Crippen molar-refractivity contribution in [3.05, 3.63) is 98.0 Å². The summed E-state index contributed by atoms with van der Waals surface area (Å²) in [5.74, 6) is -1.07. The van der Waals surface area contributed by atoms with Gasteiger partial charge < -0.3 is 5.32 Å². The minimum atomic E-state index is -4.62. The molecule has 0 spiro atoms. The number of carbonyl (C=O) groups excluding carboxylic acids is 2. The zero-order chi connectivity index (χ0) is 24.9. The third-order valence-electron chi connectivity index (χ3n) is 4.77. The standard InChI is InChI=1S/C24H18BrClF3N3O2/c1-2-14-3-6-16(7-4-14)22(33)31-21-10-8-17(25)12-18(21)23(34)32-30-13-15-5-9-20(26)19(11-15)24(27,28)29/h3-13H,2H2,1H3,(H,31,33)(H,32,34)/b30-13+. The molecule has 3 rings (SSSR count). The van der Waals surface area contributed by atoms with Crippen LogP contribution in [-0.4, -0.2) is 18.0 Å². The number of aryl methyl sites for hydroxylation is 1. The van der Waals surface area contributed by atoms with Crippen LogP contribution in [0, 0.1) is 0 Å². The van der Waals surface area contributed by atoms with E-state index in [1.165, 1.54) is 12.1 Å². The van der Waals surface area contributed by atoms with Crippen LogP contribution in [0.1, 0.15) is 44.3 Å². The summed E-state index contributed by atoms with van der Waals surface area (Å²) in [6, 6.07) is 15.0. The van der Waals surface area contributed by atoms with Crippen molar-refractivity contribution in [3.8, 4) is 0 Å². The Morgan fingerprint density at radius 1 is 1.03 bits per heavy atom. The fraction of sp³-hybridized carbons (Fsp3) is 0.125. The van der Waals surface area contributed by atoms with Gasteiger partial charge in [0.15, 0.2) is 0 Å². The summed E-state index contributed by atoms with van der Waals surface area (Å²) in [5, 5.41) is 6.00. The van der Waals surface area contributed by atoms with E-state index in [1.807, 2.05) is 19.1 Å². The van der Waals surface area contributed by atoms with E-state index in [-0.39, 0.29) is 16.8 Å². The summed E-state index contributed by atoms with van der Waals surface area (Å²) in [5.41, 5.74) is 3.21. The molecule has 0 atom stereocenters. The highest BCUT2D eigenvalue weighted by atomic mass is 79.9. The molecule has 0 unspecified atom stereocenters. The highest BCUT2D eigenvalue weighted by molar-refractivity contribution is 9.10. The van der Waals surface area contributed by atoms with E-state index < -0.39 is 28.6 Å². The minimum Gasteiger partial charge on any atom is -0.321 e. The Kier molecular flexibility index (Phi) is 8.11. The SMILES string of the molecule is CCc1ccc(C(=O)Nc2ccc(Br)cc2C(=O)N/N=C/c2ccc(Cl)c(C(F)(F)F)c2)cc1. The minimum absolute atomic E-state index is 0.0929. The number of hydrogen-bond acceptors (Lipinski definition) is 3. The predicted molar refractivity (Wildman–Crippen MR) is 129 cm³/mol. The lowest BCUT2D eigenvalue weighted by Gasteiger charge is -2.11. The Bertz CT molecular complexity index is 1250. The second-order valence-corrected chi connectivity index (χ2v) is 8.45. The van der Waals surface area contributed by atoms with E-state index in [2.05, 4.69) is 31.8 Å². The molecule has 0 heterocycles. The smallest absolute Gasteiger partial charge is 0.321 e. The van der Waals surface area contributed by atoms with Gasteiger partial charge in [-0.1, -0.05) is 52.7 Å². The highest BCUT2D eigenvalue weighted by Crippen LogP contribution is 2.34. The molecule has 2 amide bonds. The van der Waals surface area contributed by atoms with Crippen molar-refractivity contribution in [1.82, 2.24) is 5.43 Å². The molecule has 0 saturated carbocycles. The average molecular weight is 553 g/mol. The molecule has 10 heteroatoms. The van der Waals surface area contributed by atoms with Gasteiger partial charge in [0, 0.05) is 10.0 Å². The van der Waals surface area contributed by atoms with Crippen LogP contribution in [-0.2, 0) is 12.6 Å². The summed E-state index contributed by atoms with van der Waals surface area (Å²) in [7, 11) is 0. The van der Waals surface area contributed by atoms with Crippen molar-refractivity contribution in [2.75, 3.05) is 5.32 Å². The summed E-state index contributed by atoms with van der Waals surface area (Å²) >= 11 is 8.88.